The van der Waals surface area contributed by atoms with Crippen LogP contribution in [0.15, 0.2) is 36.0 Å². The molecule has 1 saturated heterocycles. The average Bonchev–Trinajstić information content (AvgIpc) is 2.40. The summed E-state index contributed by atoms with van der Waals surface area (Å²) < 4.78 is 5.14. The standard InChI is InChI=1S/C14H15NO2S/c1-17-12-4-2-10(3-5-12)6-11-8-15-13(16)7-14(15)18-9-11/h2-5,8,14H,6-7,9H2,1H3/t14-/m1/s1. The lowest BCUT2D eigenvalue weighted by Gasteiger charge is -2.41. The number of hydrogen-bond acceptors (Lipinski definition) is 3. The Balaban J connectivity index is 1.70. The molecule has 94 valence electrons. The van der Waals surface area contributed by atoms with Gasteiger partial charge in [0.05, 0.1) is 18.9 Å². The van der Waals surface area contributed by atoms with E-state index < -0.39 is 0 Å². The first-order chi connectivity index (χ1) is 8.76. The minimum atomic E-state index is 0.249. The first-order valence-electron chi connectivity index (χ1n) is 6.01. The van der Waals surface area contributed by atoms with Crippen molar-refractivity contribution in [2.75, 3.05) is 12.9 Å². The maximum Gasteiger partial charge on any atom is 0.230 e. The highest BCUT2D eigenvalue weighted by molar-refractivity contribution is 8.00. The molecule has 0 aromatic heterocycles. The lowest BCUT2D eigenvalue weighted by atomic mass is 10.1. The fourth-order valence-corrected chi connectivity index (χ4v) is 3.42. The second kappa shape index (κ2) is 4.69. The van der Waals surface area contributed by atoms with Crippen molar-refractivity contribution < 1.29 is 9.53 Å². The smallest absolute Gasteiger partial charge is 0.230 e. The van der Waals surface area contributed by atoms with Crippen LogP contribution in [0.5, 0.6) is 5.75 Å². The molecule has 3 rings (SSSR count). The molecule has 2 aliphatic rings. The van der Waals surface area contributed by atoms with Gasteiger partial charge in [0.15, 0.2) is 0 Å². The predicted octanol–water partition coefficient (Wildman–Crippen LogP) is 2.43. The van der Waals surface area contributed by atoms with Crippen LogP contribution < -0.4 is 4.74 Å². The van der Waals surface area contributed by atoms with Crippen LogP contribution in [-0.2, 0) is 11.2 Å². The van der Waals surface area contributed by atoms with Crippen LogP contribution in [0, 0.1) is 0 Å². The van der Waals surface area contributed by atoms with Crippen LogP contribution in [0.1, 0.15) is 12.0 Å². The van der Waals surface area contributed by atoms with Gasteiger partial charge in [-0.3, -0.25) is 4.79 Å². The van der Waals surface area contributed by atoms with Gasteiger partial charge in [-0.05, 0) is 29.7 Å². The number of rotatable bonds is 3. The van der Waals surface area contributed by atoms with Gasteiger partial charge in [-0.2, -0.15) is 0 Å². The zero-order chi connectivity index (χ0) is 12.5. The molecular formula is C14H15NO2S. The highest BCUT2D eigenvalue weighted by Crippen LogP contribution is 2.36. The Morgan fingerprint density at radius 3 is 2.83 bits per heavy atom. The van der Waals surface area contributed by atoms with E-state index in [1.54, 1.807) is 7.11 Å². The SMILES string of the molecule is COc1ccc(CC2=CN3C(=O)C[C@H]3SC2)cc1. The Kier molecular flexibility index (Phi) is 3.04. The number of hydrogen-bond donors (Lipinski definition) is 0. The largest absolute Gasteiger partial charge is 0.497 e. The number of amides is 1. The van der Waals surface area contributed by atoms with Crippen LogP contribution >= 0.6 is 11.8 Å². The molecule has 2 heterocycles. The molecule has 3 nitrogen and oxygen atoms in total. The van der Waals surface area contributed by atoms with Gasteiger partial charge in [0.25, 0.3) is 0 Å². The van der Waals surface area contributed by atoms with Gasteiger partial charge in [-0.15, -0.1) is 11.8 Å². The number of benzene rings is 1. The second-order valence-electron chi connectivity index (χ2n) is 4.58. The molecule has 0 saturated carbocycles. The Morgan fingerprint density at radius 1 is 1.39 bits per heavy atom. The van der Waals surface area contributed by atoms with Crippen molar-refractivity contribution >= 4 is 17.7 Å². The molecule has 1 atom stereocenters. The van der Waals surface area contributed by atoms with E-state index in [0.717, 1.165) is 17.9 Å². The summed E-state index contributed by atoms with van der Waals surface area (Å²) >= 11 is 1.86. The number of carbonyl (C=O) groups excluding carboxylic acids is 1. The van der Waals surface area contributed by atoms with E-state index in [1.165, 1.54) is 11.1 Å². The van der Waals surface area contributed by atoms with Crippen LogP contribution in [0.4, 0.5) is 0 Å². The molecule has 0 bridgehead atoms. The summed E-state index contributed by atoms with van der Waals surface area (Å²) in [5.41, 5.74) is 2.57. The van der Waals surface area contributed by atoms with Crippen LogP contribution in [0.3, 0.4) is 0 Å². The number of fused-ring (bicyclic) bond motifs is 1. The van der Waals surface area contributed by atoms with Crippen molar-refractivity contribution in [2.45, 2.75) is 18.2 Å². The van der Waals surface area contributed by atoms with Crippen molar-refractivity contribution in [3.8, 4) is 5.75 Å². The minimum absolute atomic E-state index is 0.249. The van der Waals surface area contributed by atoms with Crippen molar-refractivity contribution in [1.29, 1.82) is 0 Å². The van der Waals surface area contributed by atoms with E-state index in [1.807, 2.05) is 35.0 Å². The fourth-order valence-electron chi connectivity index (χ4n) is 2.24. The summed E-state index contributed by atoms with van der Waals surface area (Å²) in [4.78, 5) is 13.3. The van der Waals surface area contributed by atoms with Gasteiger partial charge in [-0.25, -0.2) is 0 Å². The Morgan fingerprint density at radius 2 is 2.17 bits per heavy atom. The fraction of sp³-hybridized carbons (Fsp3) is 0.357. The van der Waals surface area contributed by atoms with E-state index in [4.69, 9.17) is 4.74 Å². The lowest BCUT2D eigenvalue weighted by molar-refractivity contribution is -0.137. The molecule has 1 amide bonds. The third-order valence-electron chi connectivity index (χ3n) is 3.32. The molecule has 1 fully saturated rings. The molecule has 0 aliphatic carbocycles. The van der Waals surface area contributed by atoms with Gasteiger partial charge in [0, 0.05) is 12.0 Å². The highest BCUT2D eigenvalue weighted by atomic mass is 32.2. The number of ether oxygens (including phenoxy) is 1. The minimum Gasteiger partial charge on any atom is -0.497 e. The Labute approximate surface area is 111 Å². The summed E-state index contributed by atoms with van der Waals surface area (Å²) in [6, 6.07) is 8.11. The molecule has 1 aromatic carbocycles. The van der Waals surface area contributed by atoms with Crippen LogP contribution in [0.25, 0.3) is 0 Å². The molecule has 2 aliphatic heterocycles. The van der Waals surface area contributed by atoms with Gasteiger partial charge in [0.1, 0.15) is 5.75 Å². The van der Waals surface area contributed by atoms with Gasteiger partial charge in [0.2, 0.25) is 5.91 Å². The third kappa shape index (κ3) is 2.12. The highest BCUT2D eigenvalue weighted by Gasteiger charge is 2.37. The Hall–Kier alpha value is -1.42. The van der Waals surface area contributed by atoms with E-state index in [2.05, 4.69) is 12.1 Å². The van der Waals surface area contributed by atoms with Crippen molar-refractivity contribution in [2.24, 2.45) is 0 Å². The quantitative estimate of drug-likeness (QED) is 0.783. The van der Waals surface area contributed by atoms with Crippen LogP contribution in [0.2, 0.25) is 0 Å². The molecule has 4 heteroatoms. The van der Waals surface area contributed by atoms with Crippen LogP contribution in [-0.4, -0.2) is 29.0 Å². The summed E-state index contributed by atoms with van der Waals surface area (Å²) in [7, 11) is 1.67. The lowest BCUT2D eigenvalue weighted by Crippen LogP contribution is -2.49. The average molecular weight is 261 g/mol. The number of methoxy groups -OCH3 is 1. The van der Waals surface area contributed by atoms with E-state index in [-0.39, 0.29) is 5.91 Å². The van der Waals surface area contributed by atoms with Crippen molar-refractivity contribution in [3.05, 3.63) is 41.6 Å². The molecule has 0 unspecified atom stereocenters. The monoisotopic (exact) mass is 261 g/mol. The Bertz CT molecular complexity index is 495. The van der Waals surface area contributed by atoms with Gasteiger partial charge >= 0.3 is 0 Å². The van der Waals surface area contributed by atoms with Gasteiger partial charge in [-0.1, -0.05) is 12.1 Å². The zero-order valence-corrected chi connectivity index (χ0v) is 11.1. The number of thioether (sulfide) groups is 1. The maximum absolute atomic E-state index is 11.4. The predicted molar refractivity (Wildman–Crippen MR) is 72.5 cm³/mol. The van der Waals surface area contributed by atoms with E-state index >= 15 is 0 Å². The number of nitrogens with zero attached hydrogens (tertiary/aromatic N) is 1. The second-order valence-corrected chi connectivity index (χ2v) is 5.75. The first kappa shape index (κ1) is 11.7. The molecule has 0 radical (unpaired) electrons. The third-order valence-corrected chi connectivity index (χ3v) is 4.64. The van der Waals surface area contributed by atoms with Crippen molar-refractivity contribution in [1.82, 2.24) is 4.90 Å². The topological polar surface area (TPSA) is 29.5 Å². The molecule has 1 aromatic rings. The summed E-state index contributed by atoms with van der Waals surface area (Å²) in [6.45, 7) is 0. The van der Waals surface area contributed by atoms with Crippen molar-refractivity contribution in [3.63, 3.8) is 0 Å². The van der Waals surface area contributed by atoms with E-state index in [9.17, 15) is 4.79 Å². The number of carbonyl (C=O) groups is 1. The maximum atomic E-state index is 11.4. The zero-order valence-electron chi connectivity index (χ0n) is 10.3. The number of β-lactam (4-membered cyclic amide) rings is 1. The molecule has 0 N–H and O–H groups in total. The molecule has 0 spiro atoms. The van der Waals surface area contributed by atoms with E-state index in [0.29, 0.717) is 11.8 Å². The first-order valence-corrected chi connectivity index (χ1v) is 7.06. The molecular weight excluding hydrogens is 246 g/mol. The summed E-state index contributed by atoms with van der Waals surface area (Å²) in [6.07, 6.45) is 3.65. The molecule has 18 heavy (non-hydrogen) atoms. The summed E-state index contributed by atoms with van der Waals surface area (Å²) in [5.74, 6) is 2.16. The normalized spacial score (nSPS) is 22.1. The summed E-state index contributed by atoms with van der Waals surface area (Å²) in [5, 5.41) is 0.400. The van der Waals surface area contributed by atoms with Gasteiger partial charge < -0.3 is 9.64 Å².